The number of hydrogen-bond donors (Lipinski definition) is 1. The molecule has 0 aliphatic carbocycles. The van der Waals surface area contributed by atoms with Gasteiger partial charge < -0.3 is 5.32 Å². The van der Waals surface area contributed by atoms with E-state index in [1.54, 1.807) is 18.0 Å². The van der Waals surface area contributed by atoms with Crippen LogP contribution in [0.15, 0.2) is 60.0 Å². The highest BCUT2D eigenvalue weighted by Gasteiger charge is 2.14. The maximum Gasteiger partial charge on any atom is 0.282 e. The van der Waals surface area contributed by atoms with Crippen LogP contribution < -0.4 is 5.32 Å². The quantitative estimate of drug-likeness (QED) is 0.408. The summed E-state index contributed by atoms with van der Waals surface area (Å²) in [5, 5.41) is 13.2. The molecule has 2 aromatic heterocycles. The van der Waals surface area contributed by atoms with Crippen molar-refractivity contribution >= 4 is 29.0 Å². The van der Waals surface area contributed by atoms with Crippen LogP contribution in [-0.2, 0) is 12.3 Å². The molecule has 0 unspecified atom stereocenters. The van der Waals surface area contributed by atoms with Gasteiger partial charge in [-0.05, 0) is 38.0 Å². The van der Waals surface area contributed by atoms with Gasteiger partial charge in [-0.2, -0.15) is 0 Å². The van der Waals surface area contributed by atoms with Crippen molar-refractivity contribution < 1.29 is 4.79 Å². The second-order valence-corrected chi connectivity index (χ2v) is 9.33. The van der Waals surface area contributed by atoms with Gasteiger partial charge in [0.25, 0.3) is 5.91 Å². The second kappa shape index (κ2) is 9.45. The first-order valence-corrected chi connectivity index (χ1v) is 11.7. The number of carbonyl (C=O) groups excluding carboxylic acids is 1. The van der Waals surface area contributed by atoms with E-state index in [-0.39, 0.29) is 5.91 Å². The van der Waals surface area contributed by atoms with Gasteiger partial charge >= 0.3 is 0 Å². The summed E-state index contributed by atoms with van der Waals surface area (Å²) in [6, 6.07) is 14.5. The van der Waals surface area contributed by atoms with Gasteiger partial charge in [-0.25, -0.2) is 4.98 Å². The Balaban J connectivity index is 1.37. The Morgan fingerprint density at radius 2 is 1.84 bits per heavy atom. The number of rotatable bonds is 7. The maximum absolute atomic E-state index is 12.4. The van der Waals surface area contributed by atoms with Gasteiger partial charge in [-0.15, -0.1) is 10.2 Å². The Hall–Kier alpha value is -2.97. The fraction of sp³-hybridized carbons (Fsp3) is 0.217. The van der Waals surface area contributed by atoms with Gasteiger partial charge in [-0.3, -0.25) is 9.36 Å². The third-order valence-corrected chi connectivity index (χ3v) is 6.86. The first-order valence-electron chi connectivity index (χ1n) is 9.89. The van der Waals surface area contributed by atoms with Crippen LogP contribution in [-0.4, -0.2) is 25.7 Å². The molecule has 6 nitrogen and oxygen atoms in total. The molecule has 0 spiro atoms. The average Bonchev–Trinajstić information content (AvgIpc) is 3.41. The van der Waals surface area contributed by atoms with Crippen molar-refractivity contribution in [3.63, 3.8) is 0 Å². The van der Waals surface area contributed by atoms with Gasteiger partial charge in [0, 0.05) is 18.9 Å². The molecular weight excluding hydrogens is 426 g/mol. The van der Waals surface area contributed by atoms with Crippen LogP contribution in [0.4, 0.5) is 0 Å². The number of carbonyl (C=O) groups is 1. The van der Waals surface area contributed by atoms with Crippen LogP contribution in [0.5, 0.6) is 0 Å². The number of nitrogens with zero attached hydrogens (tertiary/aromatic N) is 4. The first kappa shape index (κ1) is 21.3. The van der Waals surface area contributed by atoms with Gasteiger partial charge in [0.2, 0.25) is 5.01 Å². The van der Waals surface area contributed by atoms with Gasteiger partial charge in [-0.1, -0.05) is 70.6 Å². The summed E-state index contributed by atoms with van der Waals surface area (Å²) in [4.78, 5) is 16.9. The predicted octanol–water partition coefficient (Wildman–Crippen LogP) is 4.87. The van der Waals surface area contributed by atoms with E-state index >= 15 is 0 Å². The molecule has 158 valence electrons. The molecule has 0 radical (unpaired) electrons. The largest absolute Gasteiger partial charge is 0.346 e. The number of aryl methyl sites for hydroxylation is 3. The molecule has 0 saturated heterocycles. The Morgan fingerprint density at radius 3 is 2.61 bits per heavy atom. The van der Waals surface area contributed by atoms with Crippen LogP contribution in [0, 0.1) is 20.8 Å². The molecule has 0 saturated carbocycles. The minimum absolute atomic E-state index is 0.203. The molecule has 2 aromatic carbocycles. The molecule has 0 bridgehead atoms. The summed E-state index contributed by atoms with van der Waals surface area (Å²) in [6.07, 6.45) is 3.76. The standard InChI is InChI=1S/C23H23N5OS2/c1-15-4-7-18(8-5-15)13-25-21(29)22-27-26-20(31-22)14-30-23-24-10-11-28(23)19-9-6-16(2)12-17(19)3/h4-12H,13-14H2,1-3H3,(H,25,29). The number of benzene rings is 2. The smallest absolute Gasteiger partial charge is 0.282 e. The number of imidazole rings is 1. The zero-order valence-corrected chi connectivity index (χ0v) is 19.3. The predicted molar refractivity (Wildman–Crippen MR) is 125 cm³/mol. The Bertz CT molecular complexity index is 1200. The molecule has 1 N–H and O–H groups in total. The van der Waals surface area contributed by atoms with Crippen molar-refractivity contribution in [3.05, 3.63) is 87.1 Å². The summed E-state index contributed by atoms with van der Waals surface area (Å²) >= 11 is 2.89. The Labute approximate surface area is 189 Å². The lowest BCUT2D eigenvalue weighted by Crippen LogP contribution is -2.22. The number of hydrogen-bond acceptors (Lipinski definition) is 6. The molecule has 0 fully saturated rings. The van der Waals surface area contributed by atoms with Crippen molar-refractivity contribution in [2.24, 2.45) is 0 Å². The minimum atomic E-state index is -0.203. The first-order chi connectivity index (χ1) is 15.0. The Kier molecular flexibility index (Phi) is 6.48. The number of amides is 1. The second-order valence-electron chi connectivity index (χ2n) is 7.33. The number of nitrogens with one attached hydrogen (secondary N) is 1. The van der Waals surface area contributed by atoms with Crippen molar-refractivity contribution in [1.29, 1.82) is 0 Å². The summed E-state index contributed by atoms with van der Waals surface area (Å²) in [7, 11) is 0. The lowest BCUT2D eigenvalue weighted by atomic mass is 10.1. The van der Waals surface area contributed by atoms with Crippen LogP contribution >= 0.6 is 23.1 Å². The van der Waals surface area contributed by atoms with Crippen molar-refractivity contribution in [2.75, 3.05) is 0 Å². The van der Waals surface area contributed by atoms with E-state index in [1.807, 2.05) is 37.4 Å². The molecule has 2 heterocycles. The monoisotopic (exact) mass is 449 g/mol. The highest BCUT2D eigenvalue weighted by molar-refractivity contribution is 7.98. The topological polar surface area (TPSA) is 72.7 Å². The SMILES string of the molecule is Cc1ccc(CNC(=O)c2nnc(CSc3nccn3-c3ccc(C)cc3C)s2)cc1. The van der Waals surface area contributed by atoms with E-state index in [2.05, 4.69) is 57.1 Å². The van der Waals surface area contributed by atoms with Crippen LogP contribution in [0.1, 0.15) is 37.1 Å². The molecule has 1 amide bonds. The normalized spacial score (nSPS) is 10.9. The Morgan fingerprint density at radius 1 is 1.06 bits per heavy atom. The van der Waals surface area contributed by atoms with Gasteiger partial charge in [0.05, 0.1) is 11.4 Å². The molecule has 8 heteroatoms. The summed E-state index contributed by atoms with van der Waals surface area (Å²) in [6.45, 7) is 6.70. The van der Waals surface area contributed by atoms with E-state index in [9.17, 15) is 4.79 Å². The highest BCUT2D eigenvalue weighted by Crippen LogP contribution is 2.27. The zero-order valence-electron chi connectivity index (χ0n) is 17.6. The lowest BCUT2D eigenvalue weighted by molar-refractivity contribution is 0.0950. The van der Waals surface area contributed by atoms with Crippen molar-refractivity contribution in [1.82, 2.24) is 25.1 Å². The fourth-order valence-electron chi connectivity index (χ4n) is 3.15. The molecule has 0 aliphatic heterocycles. The van der Waals surface area contributed by atoms with Gasteiger partial charge in [0.1, 0.15) is 5.01 Å². The fourth-order valence-corrected chi connectivity index (χ4v) is 4.86. The molecule has 0 atom stereocenters. The van der Waals surface area contributed by atoms with Crippen LogP contribution in [0.25, 0.3) is 5.69 Å². The third-order valence-electron chi connectivity index (χ3n) is 4.78. The van der Waals surface area contributed by atoms with Crippen LogP contribution in [0.2, 0.25) is 0 Å². The zero-order chi connectivity index (χ0) is 21.8. The maximum atomic E-state index is 12.4. The minimum Gasteiger partial charge on any atom is -0.346 e. The van der Waals surface area contributed by atoms with E-state index in [1.165, 1.54) is 28.0 Å². The van der Waals surface area contributed by atoms with Crippen LogP contribution in [0.3, 0.4) is 0 Å². The molecule has 4 aromatic rings. The van der Waals surface area contributed by atoms with E-state index in [0.29, 0.717) is 17.3 Å². The summed E-state index contributed by atoms with van der Waals surface area (Å²) in [5.74, 6) is 0.399. The molecular formula is C23H23N5OS2. The highest BCUT2D eigenvalue weighted by atomic mass is 32.2. The van der Waals surface area contributed by atoms with E-state index < -0.39 is 0 Å². The van der Waals surface area contributed by atoms with E-state index in [4.69, 9.17) is 0 Å². The summed E-state index contributed by atoms with van der Waals surface area (Å²) in [5.41, 5.74) is 5.79. The van der Waals surface area contributed by atoms with Gasteiger partial charge in [0.15, 0.2) is 5.16 Å². The number of thioether (sulfide) groups is 1. The van der Waals surface area contributed by atoms with Crippen molar-refractivity contribution in [3.8, 4) is 5.69 Å². The average molecular weight is 450 g/mol. The third kappa shape index (κ3) is 5.21. The molecule has 31 heavy (non-hydrogen) atoms. The lowest BCUT2D eigenvalue weighted by Gasteiger charge is -2.10. The summed E-state index contributed by atoms with van der Waals surface area (Å²) < 4.78 is 2.08. The molecule has 0 aliphatic rings. The number of aromatic nitrogens is 4. The van der Waals surface area contributed by atoms with Crippen molar-refractivity contribution in [2.45, 2.75) is 38.2 Å². The molecule has 4 rings (SSSR count). The van der Waals surface area contributed by atoms with E-state index in [0.717, 1.165) is 21.4 Å².